The number of hydrogen-bond acceptors (Lipinski definition) is 7. The van der Waals surface area contributed by atoms with E-state index in [1.807, 2.05) is 50.2 Å². The van der Waals surface area contributed by atoms with Crippen molar-refractivity contribution < 1.29 is 4.79 Å². The maximum absolute atomic E-state index is 14.1. The van der Waals surface area contributed by atoms with E-state index in [4.69, 9.17) is 5.73 Å². The topological polar surface area (TPSA) is 149 Å². The molecule has 0 spiro atoms. The van der Waals surface area contributed by atoms with E-state index in [0.717, 1.165) is 22.3 Å². The van der Waals surface area contributed by atoms with Crippen molar-refractivity contribution in [3.63, 3.8) is 0 Å². The van der Waals surface area contributed by atoms with Gasteiger partial charge in [0.25, 0.3) is 11.5 Å². The molecular weight excluding hydrogens is 530 g/mol. The first-order valence-electron chi connectivity index (χ1n) is 13.4. The smallest absolute Gasteiger partial charge is 0.259 e. The van der Waals surface area contributed by atoms with Crippen molar-refractivity contribution in [3.05, 3.63) is 118 Å². The summed E-state index contributed by atoms with van der Waals surface area (Å²) in [6.45, 7) is 4.01. The first-order chi connectivity index (χ1) is 20.4. The number of nitrogens with zero attached hydrogens (tertiary/aromatic N) is 6. The third kappa shape index (κ3) is 5.09. The van der Waals surface area contributed by atoms with Crippen molar-refractivity contribution in [2.45, 2.75) is 32.9 Å². The lowest BCUT2D eigenvalue weighted by Gasteiger charge is -2.21. The minimum atomic E-state index is -0.557. The molecule has 5 aromatic heterocycles. The first-order valence-corrected chi connectivity index (χ1v) is 13.4. The lowest BCUT2D eigenvalue weighted by Crippen LogP contribution is -2.33. The molecule has 1 aromatic carbocycles. The Morgan fingerprint density at radius 3 is 2.86 bits per heavy atom. The van der Waals surface area contributed by atoms with E-state index < -0.39 is 11.9 Å². The number of nitrogen functional groups attached to an aromatic ring is 1. The van der Waals surface area contributed by atoms with Gasteiger partial charge < -0.3 is 20.6 Å². The van der Waals surface area contributed by atoms with Gasteiger partial charge in [-0.3, -0.25) is 14.6 Å². The van der Waals surface area contributed by atoms with Crippen LogP contribution in [0, 0.1) is 18.8 Å². The summed E-state index contributed by atoms with van der Waals surface area (Å²) >= 11 is 0. The molecule has 11 nitrogen and oxygen atoms in total. The number of amides is 1. The summed E-state index contributed by atoms with van der Waals surface area (Å²) in [4.78, 5) is 43.5. The molecule has 42 heavy (non-hydrogen) atoms. The molecule has 208 valence electrons. The highest BCUT2D eigenvalue weighted by Crippen LogP contribution is 2.23. The number of hydrogen-bond donors (Lipinski definition) is 3. The maximum Gasteiger partial charge on any atom is 0.259 e. The molecule has 0 aliphatic rings. The van der Waals surface area contributed by atoms with Gasteiger partial charge in [0.05, 0.1) is 23.4 Å². The SMILES string of the molecule is Cc1ccn2nc(N)c(C(=O)N[C@H](C)c3cc4cccc(C#Cc5cccnc5)c4c(=O)n3CCc3c[nH]cn3)c2n1. The van der Waals surface area contributed by atoms with Crippen molar-refractivity contribution in [1.29, 1.82) is 0 Å². The average Bonchev–Trinajstić information content (AvgIpc) is 3.62. The van der Waals surface area contributed by atoms with Gasteiger partial charge >= 0.3 is 0 Å². The fraction of sp³-hybridized carbons (Fsp3) is 0.161. The Morgan fingerprint density at radius 2 is 2.07 bits per heavy atom. The van der Waals surface area contributed by atoms with E-state index >= 15 is 0 Å². The van der Waals surface area contributed by atoms with E-state index in [-0.39, 0.29) is 16.9 Å². The van der Waals surface area contributed by atoms with Gasteiger partial charge in [0.1, 0.15) is 5.56 Å². The van der Waals surface area contributed by atoms with E-state index in [2.05, 4.69) is 42.2 Å². The quantitative estimate of drug-likeness (QED) is 0.266. The average molecular weight is 558 g/mol. The minimum absolute atomic E-state index is 0.0732. The number of fused-ring (bicyclic) bond motifs is 2. The Balaban J connectivity index is 1.42. The number of pyridine rings is 2. The van der Waals surface area contributed by atoms with E-state index in [0.29, 0.717) is 35.3 Å². The zero-order valence-corrected chi connectivity index (χ0v) is 23.0. The number of carbonyl (C=O) groups is 1. The number of imidazole rings is 1. The molecule has 1 atom stereocenters. The predicted octanol–water partition coefficient (Wildman–Crippen LogP) is 3.19. The van der Waals surface area contributed by atoms with Gasteiger partial charge in [-0.2, -0.15) is 0 Å². The lowest BCUT2D eigenvalue weighted by molar-refractivity contribution is 0.0940. The molecule has 0 fully saturated rings. The van der Waals surface area contributed by atoms with Gasteiger partial charge in [0.15, 0.2) is 11.5 Å². The third-order valence-corrected chi connectivity index (χ3v) is 6.99. The van der Waals surface area contributed by atoms with E-state index in [1.165, 1.54) is 4.52 Å². The lowest BCUT2D eigenvalue weighted by atomic mass is 10.0. The summed E-state index contributed by atoms with van der Waals surface area (Å²) in [6.07, 6.45) is 8.98. The Hall–Kier alpha value is -5.76. The van der Waals surface area contributed by atoms with Crippen molar-refractivity contribution >= 4 is 28.1 Å². The van der Waals surface area contributed by atoms with E-state index in [9.17, 15) is 9.59 Å². The minimum Gasteiger partial charge on any atom is -0.381 e. The molecule has 0 aliphatic carbocycles. The number of benzene rings is 1. The van der Waals surface area contributed by atoms with Crippen LogP contribution in [0.1, 0.15) is 51.5 Å². The van der Waals surface area contributed by atoms with Gasteiger partial charge in [0, 0.05) is 60.3 Å². The van der Waals surface area contributed by atoms with Crippen LogP contribution in [-0.2, 0) is 13.0 Å². The van der Waals surface area contributed by atoms with Crippen molar-refractivity contribution in [2.24, 2.45) is 0 Å². The number of carbonyl (C=O) groups excluding carboxylic acids is 1. The van der Waals surface area contributed by atoms with Crippen LogP contribution in [0.5, 0.6) is 0 Å². The molecule has 0 saturated heterocycles. The molecule has 4 N–H and O–H groups in total. The summed E-state index contributed by atoms with van der Waals surface area (Å²) in [7, 11) is 0. The van der Waals surface area contributed by atoms with E-state index in [1.54, 1.807) is 41.7 Å². The fourth-order valence-electron chi connectivity index (χ4n) is 4.94. The molecule has 0 aliphatic heterocycles. The molecule has 0 bridgehead atoms. The summed E-state index contributed by atoms with van der Waals surface area (Å²) in [5, 5.41) is 8.46. The van der Waals surface area contributed by atoms with Crippen LogP contribution in [0.3, 0.4) is 0 Å². The largest absolute Gasteiger partial charge is 0.381 e. The van der Waals surface area contributed by atoms with Crippen molar-refractivity contribution in [3.8, 4) is 11.8 Å². The second kappa shape index (κ2) is 11.0. The molecule has 5 heterocycles. The van der Waals surface area contributed by atoms with Crippen molar-refractivity contribution in [1.82, 2.24) is 39.4 Å². The van der Waals surface area contributed by atoms with Crippen LogP contribution in [-0.4, -0.2) is 40.0 Å². The third-order valence-electron chi connectivity index (χ3n) is 6.99. The zero-order chi connectivity index (χ0) is 29.2. The molecule has 0 radical (unpaired) electrons. The molecule has 11 heteroatoms. The molecule has 0 saturated carbocycles. The Bertz CT molecular complexity index is 2050. The Labute approximate surface area is 240 Å². The van der Waals surface area contributed by atoms with Gasteiger partial charge in [-0.15, -0.1) is 5.10 Å². The molecule has 0 unspecified atom stereocenters. The molecule has 6 rings (SSSR count). The highest BCUT2D eigenvalue weighted by atomic mass is 16.2. The Kier molecular flexibility index (Phi) is 6.94. The van der Waals surface area contributed by atoms with Gasteiger partial charge in [-0.1, -0.05) is 24.0 Å². The van der Waals surface area contributed by atoms with Crippen LogP contribution < -0.4 is 16.6 Å². The number of rotatable bonds is 6. The number of aromatic nitrogens is 7. The summed E-state index contributed by atoms with van der Waals surface area (Å²) in [5.41, 5.74) is 10.0. The number of nitrogens with two attached hydrogens (primary N) is 1. The zero-order valence-electron chi connectivity index (χ0n) is 23.0. The highest BCUT2D eigenvalue weighted by molar-refractivity contribution is 6.04. The van der Waals surface area contributed by atoms with Crippen LogP contribution in [0.25, 0.3) is 16.4 Å². The maximum atomic E-state index is 14.1. The van der Waals surface area contributed by atoms with Crippen LogP contribution >= 0.6 is 0 Å². The second-order valence-electron chi connectivity index (χ2n) is 9.89. The van der Waals surface area contributed by atoms with Crippen LogP contribution in [0.4, 0.5) is 5.82 Å². The standard InChI is InChI=1S/C31H27N9O2/c1-19-10-14-40-29(36-19)27(28(32)38-40)30(41)37-20(2)25-15-23-7-3-6-22(9-8-21-5-4-12-33-16-21)26(23)31(42)39(25)13-11-24-17-34-18-35-24/h3-7,10,12,14-18,20H,11,13H2,1-2H3,(H2,32,38)(H,34,35)(H,37,41)/t20-/m1/s1. The predicted molar refractivity (Wildman–Crippen MR) is 159 cm³/mol. The number of aromatic amines is 1. The van der Waals surface area contributed by atoms with Crippen molar-refractivity contribution in [2.75, 3.05) is 5.73 Å². The first kappa shape index (κ1) is 26.5. The number of aryl methyl sites for hydroxylation is 2. The summed E-state index contributed by atoms with van der Waals surface area (Å²) in [6, 6.07) is 12.4. The molecular formula is C31H27N9O2. The van der Waals surface area contributed by atoms with Crippen LogP contribution in [0.2, 0.25) is 0 Å². The Morgan fingerprint density at radius 1 is 1.19 bits per heavy atom. The van der Waals surface area contributed by atoms with Gasteiger partial charge in [0.2, 0.25) is 0 Å². The van der Waals surface area contributed by atoms with Gasteiger partial charge in [-0.05, 0) is 49.6 Å². The van der Waals surface area contributed by atoms with Gasteiger partial charge in [-0.25, -0.2) is 14.5 Å². The number of nitrogens with one attached hydrogen (secondary N) is 2. The highest BCUT2D eigenvalue weighted by Gasteiger charge is 2.23. The van der Waals surface area contributed by atoms with Crippen LogP contribution in [0.15, 0.2) is 78.4 Å². The second-order valence-corrected chi connectivity index (χ2v) is 9.89. The fourth-order valence-corrected chi connectivity index (χ4v) is 4.94. The summed E-state index contributed by atoms with van der Waals surface area (Å²) < 4.78 is 3.16. The number of anilines is 1. The monoisotopic (exact) mass is 557 g/mol. The summed E-state index contributed by atoms with van der Waals surface area (Å²) in [5.74, 6) is 5.89. The normalized spacial score (nSPS) is 11.8. The molecule has 1 amide bonds. The number of H-pyrrole nitrogens is 1. The molecule has 6 aromatic rings.